The fourth-order valence-electron chi connectivity index (χ4n) is 3.11. The third-order valence-corrected chi connectivity index (χ3v) is 5.02. The highest BCUT2D eigenvalue weighted by Crippen LogP contribution is 2.43. The third kappa shape index (κ3) is 4.70. The molecule has 21 heavy (non-hydrogen) atoms. The summed E-state index contributed by atoms with van der Waals surface area (Å²) in [7, 11) is 0. The molecule has 0 unspecified atom stereocenters. The van der Waals surface area contributed by atoms with Gasteiger partial charge in [-0.1, -0.05) is 18.0 Å². The first kappa shape index (κ1) is 16.8. The Morgan fingerprint density at radius 1 is 1.14 bits per heavy atom. The highest BCUT2D eigenvalue weighted by molar-refractivity contribution is 7.98. The van der Waals surface area contributed by atoms with E-state index in [9.17, 15) is 4.39 Å². The van der Waals surface area contributed by atoms with E-state index in [0.717, 1.165) is 25.9 Å². The minimum atomic E-state index is -0.0836. The summed E-state index contributed by atoms with van der Waals surface area (Å²) in [5.41, 5.74) is 3.07. The molecule has 1 heterocycles. The fourth-order valence-corrected chi connectivity index (χ4v) is 3.11. The SMILES string of the molecule is CC(C)(C)SN.Fc1ccc2c(c1)CC1(CCNCC1)C2. The zero-order chi connectivity index (χ0) is 15.5. The molecule has 118 valence electrons. The lowest BCUT2D eigenvalue weighted by Gasteiger charge is -2.33. The molecule has 0 aromatic heterocycles. The van der Waals surface area contributed by atoms with Crippen molar-refractivity contribution in [3.8, 4) is 0 Å². The fraction of sp³-hybridized carbons (Fsp3) is 0.647. The molecule has 0 atom stereocenters. The maximum absolute atomic E-state index is 13.1. The van der Waals surface area contributed by atoms with Gasteiger partial charge in [0, 0.05) is 4.75 Å². The van der Waals surface area contributed by atoms with Gasteiger partial charge in [-0.3, -0.25) is 5.14 Å². The van der Waals surface area contributed by atoms with Gasteiger partial charge in [0.25, 0.3) is 0 Å². The van der Waals surface area contributed by atoms with Crippen molar-refractivity contribution >= 4 is 11.9 Å². The van der Waals surface area contributed by atoms with Crippen LogP contribution < -0.4 is 10.5 Å². The predicted molar refractivity (Wildman–Crippen MR) is 89.9 cm³/mol. The Labute approximate surface area is 132 Å². The van der Waals surface area contributed by atoms with Crippen LogP contribution in [0, 0.1) is 11.2 Å². The van der Waals surface area contributed by atoms with Crippen molar-refractivity contribution in [2.45, 2.75) is 51.2 Å². The van der Waals surface area contributed by atoms with Crippen LogP contribution in [0.3, 0.4) is 0 Å². The Balaban J connectivity index is 0.000000232. The number of nitrogens with two attached hydrogens (primary N) is 1. The van der Waals surface area contributed by atoms with Gasteiger partial charge in [-0.15, -0.1) is 0 Å². The van der Waals surface area contributed by atoms with Crippen LogP contribution in [0.25, 0.3) is 0 Å². The molecule has 1 fully saturated rings. The van der Waals surface area contributed by atoms with E-state index in [2.05, 4.69) is 26.1 Å². The van der Waals surface area contributed by atoms with Crippen LogP contribution in [0.4, 0.5) is 4.39 Å². The summed E-state index contributed by atoms with van der Waals surface area (Å²) >= 11 is 1.38. The van der Waals surface area contributed by atoms with Crippen molar-refractivity contribution in [2.24, 2.45) is 10.6 Å². The van der Waals surface area contributed by atoms with Crippen molar-refractivity contribution in [3.05, 3.63) is 35.1 Å². The lowest BCUT2D eigenvalue weighted by molar-refractivity contribution is 0.216. The van der Waals surface area contributed by atoms with Crippen molar-refractivity contribution < 1.29 is 4.39 Å². The number of fused-ring (bicyclic) bond motifs is 1. The van der Waals surface area contributed by atoms with Crippen molar-refractivity contribution in [2.75, 3.05) is 13.1 Å². The van der Waals surface area contributed by atoms with Crippen LogP contribution >= 0.6 is 11.9 Å². The topological polar surface area (TPSA) is 38.0 Å². The number of nitrogens with one attached hydrogen (secondary N) is 1. The molecule has 2 nitrogen and oxygen atoms in total. The molecule has 1 saturated heterocycles. The smallest absolute Gasteiger partial charge is 0.123 e. The number of hydrogen-bond acceptors (Lipinski definition) is 3. The van der Waals surface area contributed by atoms with E-state index < -0.39 is 0 Å². The minimum Gasteiger partial charge on any atom is -0.317 e. The summed E-state index contributed by atoms with van der Waals surface area (Å²) < 4.78 is 13.3. The average molecular weight is 310 g/mol. The quantitative estimate of drug-likeness (QED) is 0.718. The second-order valence-electron chi connectivity index (χ2n) is 7.25. The van der Waals surface area contributed by atoms with Gasteiger partial charge in [-0.2, -0.15) is 0 Å². The van der Waals surface area contributed by atoms with Gasteiger partial charge < -0.3 is 5.32 Å². The van der Waals surface area contributed by atoms with Crippen molar-refractivity contribution in [1.29, 1.82) is 0 Å². The summed E-state index contributed by atoms with van der Waals surface area (Å²) in [6, 6.07) is 5.30. The van der Waals surface area contributed by atoms with E-state index in [4.69, 9.17) is 5.14 Å². The van der Waals surface area contributed by atoms with Crippen LogP contribution in [0.5, 0.6) is 0 Å². The summed E-state index contributed by atoms with van der Waals surface area (Å²) in [6.07, 6.45) is 4.72. The summed E-state index contributed by atoms with van der Waals surface area (Å²) in [5.74, 6) is -0.0836. The first-order chi connectivity index (χ1) is 9.84. The molecule has 0 bridgehead atoms. The van der Waals surface area contributed by atoms with Gasteiger partial charge >= 0.3 is 0 Å². The number of benzene rings is 1. The molecular formula is C17H27FN2S. The molecule has 1 aromatic carbocycles. The highest BCUT2D eigenvalue weighted by Gasteiger charge is 2.37. The maximum Gasteiger partial charge on any atom is 0.123 e. The molecule has 0 radical (unpaired) electrons. The number of rotatable bonds is 0. The van der Waals surface area contributed by atoms with Gasteiger partial charge in [0.05, 0.1) is 0 Å². The van der Waals surface area contributed by atoms with Crippen LogP contribution in [0.15, 0.2) is 18.2 Å². The first-order valence-electron chi connectivity index (χ1n) is 7.70. The molecule has 3 rings (SSSR count). The van der Waals surface area contributed by atoms with Crippen LogP contribution in [-0.2, 0) is 12.8 Å². The molecule has 1 aliphatic carbocycles. The largest absolute Gasteiger partial charge is 0.317 e. The van der Waals surface area contributed by atoms with E-state index in [1.54, 1.807) is 12.1 Å². The molecule has 3 N–H and O–H groups in total. The van der Waals surface area contributed by atoms with Crippen LogP contribution in [-0.4, -0.2) is 17.8 Å². The van der Waals surface area contributed by atoms with Gasteiger partial charge in [0.15, 0.2) is 0 Å². The zero-order valence-corrected chi connectivity index (χ0v) is 14.2. The molecular weight excluding hydrogens is 283 g/mol. The summed E-state index contributed by atoms with van der Waals surface area (Å²) in [4.78, 5) is 0. The van der Waals surface area contributed by atoms with Gasteiger partial charge in [0.2, 0.25) is 0 Å². The van der Waals surface area contributed by atoms with Crippen molar-refractivity contribution in [3.63, 3.8) is 0 Å². The van der Waals surface area contributed by atoms with Crippen molar-refractivity contribution in [1.82, 2.24) is 5.32 Å². The second-order valence-corrected chi connectivity index (χ2v) is 8.71. The number of hydrogen-bond donors (Lipinski definition) is 2. The van der Waals surface area contributed by atoms with Crippen LogP contribution in [0.1, 0.15) is 44.7 Å². The Bertz CT molecular complexity index is 476. The first-order valence-corrected chi connectivity index (χ1v) is 8.57. The van der Waals surface area contributed by atoms with E-state index in [0.29, 0.717) is 5.41 Å². The van der Waals surface area contributed by atoms with Gasteiger partial charge in [-0.25, -0.2) is 4.39 Å². The van der Waals surface area contributed by atoms with Gasteiger partial charge in [-0.05, 0) is 88.2 Å². The average Bonchev–Trinajstić information content (AvgIpc) is 2.76. The predicted octanol–water partition coefficient (Wildman–Crippen LogP) is 3.69. The van der Waals surface area contributed by atoms with Crippen LogP contribution in [0.2, 0.25) is 0 Å². The molecule has 0 saturated carbocycles. The Morgan fingerprint density at radius 2 is 1.71 bits per heavy atom. The highest BCUT2D eigenvalue weighted by atomic mass is 32.2. The Morgan fingerprint density at radius 3 is 2.29 bits per heavy atom. The van der Waals surface area contributed by atoms with E-state index in [-0.39, 0.29) is 10.6 Å². The Hall–Kier alpha value is -0.580. The maximum atomic E-state index is 13.1. The molecule has 2 aliphatic rings. The number of piperidine rings is 1. The normalized spacial score (nSPS) is 19.9. The molecule has 0 amide bonds. The lowest BCUT2D eigenvalue weighted by Crippen LogP contribution is -2.37. The summed E-state index contributed by atoms with van der Waals surface area (Å²) in [6.45, 7) is 8.49. The summed E-state index contributed by atoms with van der Waals surface area (Å²) in [5, 5.41) is 8.62. The zero-order valence-electron chi connectivity index (χ0n) is 13.3. The van der Waals surface area contributed by atoms with Gasteiger partial charge in [0.1, 0.15) is 5.82 Å². The standard InChI is InChI=1S/C13H16FN.C4H11NS/c14-12-2-1-10-8-13(9-11(10)7-12)3-5-15-6-4-13;1-4(2,3)6-5/h1-2,7,15H,3-6,8-9H2;5H2,1-3H3. The second kappa shape index (κ2) is 6.67. The molecule has 1 aromatic rings. The van der Waals surface area contributed by atoms with E-state index >= 15 is 0 Å². The van der Waals surface area contributed by atoms with E-state index in [1.807, 2.05) is 6.07 Å². The lowest BCUT2D eigenvalue weighted by atomic mass is 9.76. The molecule has 4 heteroatoms. The number of halogens is 1. The monoisotopic (exact) mass is 310 g/mol. The molecule has 1 spiro atoms. The van der Waals surface area contributed by atoms with E-state index in [1.165, 1.54) is 35.9 Å². The third-order valence-electron chi connectivity index (χ3n) is 4.32. The molecule has 1 aliphatic heterocycles. The Kier molecular flexibility index (Phi) is 5.33. The minimum absolute atomic E-state index is 0.0836.